The van der Waals surface area contributed by atoms with Gasteiger partial charge < -0.3 is 19.9 Å². The molecule has 2 N–H and O–H groups in total. The number of amides is 2. The fourth-order valence-corrected chi connectivity index (χ4v) is 5.77. The Labute approximate surface area is 219 Å². The Hall–Kier alpha value is -3.41. The molecule has 0 unspecified atom stereocenters. The van der Waals surface area contributed by atoms with Crippen molar-refractivity contribution in [2.75, 3.05) is 32.8 Å². The maximum Gasteiger partial charge on any atom is 0.329 e. The number of sulfonamides is 1. The monoisotopic (exact) mass is 546 g/mol. The molecule has 1 aromatic heterocycles. The number of hydrogen-bond donors (Lipinski definition) is 2. The summed E-state index contributed by atoms with van der Waals surface area (Å²) in [5, 5.41) is 3.95. The summed E-state index contributed by atoms with van der Waals surface area (Å²) in [6, 6.07) is 12.5. The second-order valence-electron chi connectivity index (χ2n) is 8.66. The number of benzene rings is 2. The van der Waals surface area contributed by atoms with Crippen LogP contribution in [0.1, 0.15) is 12.5 Å². The van der Waals surface area contributed by atoms with Crippen LogP contribution in [0.15, 0.2) is 59.6 Å². The number of hydrogen-bond acceptors (Lipinski definition) is 6. The highest BCUT2D eigenvalue weighted by Gasteiger charge is 2.31. The summed E-state index contributed by atoms with van der Waals surface area (Å²) in [4.78, 5) is 41.9. The number of nitrogens with zero attached hydrogens (tertiary/aromatic N) is 2. The molecule has 2 amide bonds. The first-order valence-corrected chi connectivity index (χ1v) is 13.5. The van der Waals surface area contributed by atoms with E-state index in [4.69, 9.17) is 16.3 Å². The minimum absolute atomic E-state index is 0.111. The first kappa shape index (κ1) is 26.6. The van der Waals surface area contributed by atoms with Crippen LogP contribution in [0.5, 0.6) is 0 Å². The van der Waals surface area contributed by atoms with E-state index in [1.807, 2.05) is 24.3 Å². The van der Waals surface area contributed by atoms with Crippen LogP contribution in [0, 0.1) is 0 Å². The summed E-state index contributed by atoms with van der Waals surface area (Å²) >= 11 is 5.85. The maximum atomic E-state index is 12.8. The minimum atomic E-state index is -3.71. The molecule has 0 bridgehead atoms. The van der Waals surface area contributed by atoms with Crippen LogP contribution >= 0.6 is 11.6 Å². The van der Waals surface area contributed by atoms with E-state index in [2.05, 4.69) is 10.3 Å². The van der Waals surface area contributed by atoms with Crippen LogP contribution < -0.4 is 5.32 Å². The Morgan fingerprint density at radius 3 is 2.41 bits per heavy atom. The molecule has 0 aliphatic carbocycles. The number of piperazine rings is 1. The Kier molecular flexibility index (Phi) is 8.16. The van der Waals surface area contributed by atoms with Crippen LogP contribution in [0.3, 0.4) is 0 Å². The zero-order chi connectivity index (χ0) is 26.6. The number of aromatic nitrogens is 1. The summed E-state index contributed by atoms with van der Waals surface area (Å²) < 4.78 is 32.2. The maximum absolute atomic E-state index is 12.8. The van der Waals surface area contributed by atoms with Gasteiger partial charge in [-0.3, -0.25) is 9.59 Å². The van der Waals surface area contributed by atoms with Crippen LogP contribution in [0.2, 0.25) is 5.02 Å². The lowest BCUT2D eigenvalue weighted by Gasteiger charge is -2.34. The molecule has 0 radical (unpaired) electrons. The predicted molar refractivity (Wildman–Crippen MR) is 137 cm³/mol. The van der Waals surface area contributed by atoms with E-state index in [-0.39, 0.29) is 37.5 Å². The number of rotatable bonds is 8. The van der Waals surface area contributed by atoms with Gasteiger partial charge in [0, 0.05) is 61.6 Å². The van der Waals surface area contributed by atoms with Crippen molar-refractivity contribution >= 4 is 50.3 Å². The molecule has 196 valence electrons. The quantitative estimate of drug-likeness (QED) is 0.415. The average Bonchev–Trinajstić information content (AvgIpc) is 3.29. The molecule has 1 atom stereocenters. The second-order valence-corrected chi connectivity index (χ2v) is 11.0. The van der Waals surface area contributed by atoms with Crippen LogP contribution in [-0.4, -0.2) is 79.2 Å². The van der Waals surface area contributed by atoms with Gasteiger partial charge in [-0.1, -0.05) is 29.8 Å². The number of nitrogens with one attached hydrogen (secondary N) is 2. The SMILES string of the molecule is CC(=O)N[C@@H](Cc1c[nH]c2ccccc12)C(=O)OCC(=O)N1CCN(S(=O)(=O)c2ccc(Cl)cc2)CC1. The summed E-state index contributed by atoms with van der Waals surface area (Å²) in [5.74, 6) is -1.56. The van der Waals surface area contributed by atoms with E-state index >= 15 is 0 Å². The fraction of sp³-hybridized carbons (Fsp3) is 0.320. The Morgan fingerprint density at radius 1 is 1.05 bits per heavy atom. The highest BCUT2D eigenvalue weighted by atomic mass is 35.5. The highest BCUT2D eigenvalue weighted by Crippen LogP contribution is 2.21. The van der Waals surface area contributed by atoms with Crippen molar-refractivity contribution in [3.63, 3.8) is 0 Å². The van der Waals surface area contributed by atoms with Gasteiger partial charge in [0.05, 0.1) is 4.90 Å². The molecule has 1 aliphatic heterocycles. The molecular weight excluding hydrogens is 520 g/mol. The molecule has 2 aromatic carbocycles. The van der Waals surface area contributed by atoms with Crippen molar-refractivity contribution < 1.29 is 27.5 Å². The molecule has 0 saturated carbocycles. The molecule has 12 heteroatoms. The summed E-state index contributed by atoms with van der Waals surface area (Å²) in [6.07, 6.45) is 1.97. The number of esters is 1. The van der Waals surface area contributed by atoms with E-state index in [1.54, 1.807) is 6.20 Å². The number of halogens is 1. The van der Waals surface area contributed by atoms with E-state index in [0.29, 0.717) is 5.02 Å². The van der Waals surface area contributed by atoms with Gasteiger partial charge in [-0.2, -0.15) is 4.31 Å². The van der Waals surface area contributed by atoms with Gasteiger partial charge in [-0.25, -0.2) is 13.2 Å². The number of fused-ring (bicyclic) bond motifs is 1. The van der Waals surface area contributed by atoms with Crippen molar-refractivity contribution in [1.29, 1.82) is 0 Å². The van der Waals surface area contributed by atoms with Crippen LogP contribution in [-0.2, 0) is 35.6 Å². The standard InChI is InChI=1S/C25H27ClN4O6S/c1-17(31)28-23(14-18-15-27-22-5-3-2-4-21(18)22)25(33)36-16-24(32)29-10-12-30(13-11-29)37(34,35)20-8-6-19(26)7-9-20/h2-9,15,23,27H,10-14,16H2,1H3,(H,28,31)/t23-/m0/s1. The first-order chi connectivity index (χ1) is 17.6. The Balaban J connectivity index is 1.32. The number of carbonyl (C=O) groups is 3. The normalized spacial score (nSPS) is 15.4. The van der Waals surface area contributed by atoms with Gasteiger partial charge in [0.25, 0.3) is 5.91 Å². The van der Waals surface area contributed by atoms with Gasteiger partial charge in [0.2, 0.25) is 15.9 Å². The number of para-hydroxylation sites is 1. The molecule has 10 nitrogen and oxygen atoms in total. The lowest BCUT2D eigenvalue weighted by Crippen LogP contribution is -2.51. The third-order valence-electron chi connectivity index (χ3n) is 6.14. The van der Waals surface area contributed by atoms with Gasteiger partial charge >= 0.3 is 5.97 Å². The molecule has 1 fully saturated rings. The third kappa shape index (κ3) is 6.30. The second kappa shape index (κ2) is 11.3. The Bertz CT molecular complexity index is 1400. The van der Waals surface area contributed by atoms with Crippen molar-refractivity contribution in [3.8, 4) is 0 Å². The van der Waals surface area contributed by atoms with Gasteiger partial charge in [-0.05, 0) is 35.9 Å². The third-order valence-corrected chi connectivity index (χ3v) is 8.31. The molecule has 1 saturated heterocycles. The van der Waals surface area contributed by atoms with Crippen molar-refractivity contribution in [3.05, 3.63) is 65.3 Å². The number of carbonyl (C=O) groups excluding carboxylic acids is 3. The molecular formula is C25H27ClN4O6S. The van der Waals surface area contributed by atoms with Crippen molar-refractivity contribution in [2.45, 2.75) is 24.3 Å². The number of H-pyrrole nitrogens is 1. The fourth-order valence-electron chi connectivity index (χ4n) is 4.22. The van der Waals surface area contributed by atoms with E-state index < -0.39 is 40.5 Å². The molecule has 2 heterocycles. The van der Waals surface area contributed by atoms with E-state index in [9.17, 15) is 22.8 Å². The number of aromatic amines is 1. The zero-order valence-corrected chi connectivity index (χ0v) is 21.7. The first-order valence-electron chi connectivity index (χ1n) is 11.7. The largest absolute Gasteiger partial charge is 0.454 e. The average molecular weight is 547 g/mol. The van der Waals surface area contributed by atoms with Gasteiger partial charge in [0.15, 0.2) is 6.61 Å². The van der Waals surface area contributed by atoms with Crippen molar-refractivity contribution in [2.24, 2.45) is 0 Å². The summed E-state index contributed by atoms with van der Waals surface area (Å²) in [5.41, 5.74) is 1.73. The Morgan fingerprint density at radius 2 is 1.73 bits per heavy atom. The minimum Gasteiger partial charge on any atom is -0.454 e. The van der Waals surface area contributed by atoms with E-state index in [0.717, 1.165) is 16.5 Å². The lowest BCUT2D eigenvalue weighted by atomic mass is 10.0. The summed E-state index contributed by atoms with van der Waals surface area (Å²) in [7, 11) is -3.71. The summed E-state index contributed by atoms with van der Waals surface area (Å²) in [6.45, 7) is 1.34. The lowest BCUT2D eigenvalue weighted by molar-refractivity contribution is -0.154. The van der Waals surface area contributed by atoms with Crippen molar-refractivity contribution in [1.82, 2.24) is 19.5 Å². The zero-order valence-electron chi connectivity index (χ0n) is 20.1. The topological polar surface area (TPSA) is 129 Å². The molecule has 3 aromatic rings. The molecule has 0 spiro atoms. The smallest absolute Gasteiger partial charge is 0.329 e. The molecule has 1 aliphatic rings. The van der Waals surface area contributed by atoms with Gasteiger partial charge in [-0.15, -0.1) is 0 Å². The molecule has 4 rings (SSSR count). The van der Waals surface area contributed by atoms with E-state index in [1.165, 1.54) is 40.4 Å². The van der Waals surface area contributed by atoms with Gasteiger partial charge in [0.1, 0.15) is 6.04 Å². The molecule has 37 heavy (non-hydrogen) atoms. The highest BCUT2D eigenvalue weighted by molar-refractivity contribution is 7.89. The van der Waals surface area contributed by atoms with Crippen LogP contribution in [0.4, 0.5) is 0 Å². The van der Waals surface area contributed by atoms with Crippen LogP contribution in [0.25, 0.3) is 10.9 Å². The number of ether oxygens (including phenoxy) is 1. The predicted octanol–water partition coefficient (Wildman–Crippen LogP) is 1.94.